The standard InChI is InChI=1S/C17H20N2O4S/c1-10(20)18-9-11-5-6-13(23-11)15(22)19-16-12(7-8-24-16)14(21)17(2,3)4/h5-8H,9H2,1-4H3,(H,18,20)(H,19,22). The molecule has 0 aliphatic carbocycles. The monoisotopic (exact) mass is 348 g/mol. The van der Waals surface area contributed by atoms with Crippen molar-refractivity contribution in [1.29, 1.82) is 0 Å². The lowest BCUT2D eigenvalue weighted by Crippen LogP contribution is -2.21. The maximum atomic E-state index is 12.4. The van der Waals surface area contributed by atoms with E-state index in [-0.39, 0.29) is 24.0 Å². The quantitative estimate of drug-likeness (QED) is 0.810. The Morgan fingerprint density at radius 2 is 1.88 bits per heavy atom. The van der Waals surface area contributed by atoms with Crippen molar-refractivity contribution in [3.05, 3.63) is 40.7 Å². The van der Waals surface area contributed by atoms with Crippen molar-refractivity contribution in [1.82, 2.24) is 5.32 Å². The Bertz CT molecular complexity index is 768. The Balaban J connectivity index is 2.10. The number of nitrogens with one attached hydrogen (secondary N) is 2. The molecule has 0 aromatic carbocycles. The summed E-state index contributed by atoms with van der Waals surface area (Å²) in [4.78, 5) is 35.6. The van der Waals surface area contributed by atoms with Crippen molar-refractivity contribution in [2.24, 2.45) is 5.41 Å². The highest BCUT2D eigenvalue weighted by molar-refractivity contribution is 7.14. The second-order valence-corrected chi connectivity index (χ2v) is 7.29. The van der Waals surface area contributed by atoms with Crippen LogP contribution in [-0.2, 0) is 11.3 Å². The minimum absolute atomic E-state index is 0.0372. The second-order valence-electron chi connectivity index (χ2n) is 6.37. The van der Waals surface area contributed by atoms with Crippen LogP contribution in [0.1, 0.15) is 54.4 Å². The van der Waals surface area contributed by atoms with Crippen LogP contribution < -0.4 is 10.6 Å². The Kier molecular flexibility index (Phi) is 5.23. The number of amides is 2. The van der Waals surface area contributed by atoms with Gasteiger partial charge in [-0.3, -0.25) is 14.4 Å². The van der Waals surface area contributed by atoms with Gasteiger partial charge in [-0.1, -0.05) is 20.8 Å². The number of Topliss-reactive ketones (excluding diaryl/α,β-unsaturated/α-hetero) is 1. The Morgan fingerprint density at radius 1 is 1.17 bits per heavy atom. The SMILES string of the molecule is CC(=O)NCc1ccc(C(=O)Nc2sccc2C(=O)C(C)(C)C)o1. The van der Waals surface area contributed by atoms with Crippen molar-refractivity contribution < 1.29 is 18.8 Å². The molecule has 0 saturated heterocycles. The van der Waals surface area contributed by atoms with Crippen molar-refractivity contribution in [3.63, 3.8) is 0 Å². The van der Waals surface area contributed by atoms with Crippen molar-refractivity contribution in [2.75, 3.05) is 5.32 Å². The minimum Gasteiger partial charge on any atom is -0.454 e. The molecular formula is C17H20N2O4S. The molecule has 24 heavy (non-hydrogen) atoms. The first kappa shape index (κ1) is 17.9. The third kappa shape index (κ3) is 4.32. The van der Waals surface area contributed by atoms with Gasteiger partial charge in [0, 0.05) is 12.3 Å². The summed E-state index contributed by atoms with van der Waals surface area (Å²) in [5.74, 6) is -0.0499. The zero-order valence-corrected chi connectivity index (χ0v) is 14.9. The van der Waals surface area contributed by atoms with Gasteiger partial charge in [-0.05, 0) is 23.6 Å². The topological polar surface area (TPSA) is 88.4 Å². The predicted octanol–water partition coefficient (Wildman–Crippen LogP) is 3.46. The minimum atomic E-state index is -0.531. The van der Waals surface area contributed by atoms with Crippen LogP contribution >= 0.6 is 11.3 Å². The molecule has 0 saturated carbocycles. The van der Waals surface area contributed by atoms with Gasteiger partial charge >= 0.3 is 0 Å². The summed E-state index contributed by atoms with van der Waals surface area (Å²) in [5, 5.41) is 7.57. The summed E-state index contributed by atoms with van der Waals surface area (Å²) >= 11 is 1.29. The van der Waals surface area contributed by atoms with Gasteiger partial charge in [0.25, 0.3) is 5.91 Å². The first-order chi connectivity index (χ1) is 11.2. The van der Waals surface area contributed by atoms with Crippen LogP contribution in [-0.4, -0.2) is 17.6 Å². The summed E-state index contributed by atoms with van der Waals surface area (Å²) in [6.07, 6.45) is 0. The molecule has 0 unspecified atom stereocenters. The van der Waals surface area contributed by atoms with E-state index in [1.54, 1.807) is 17.5 Å². The molecule has 2 N–H and O–H groups in total. The highest BCUT2D eigenvalue weighted by Crippen LogP contribution is 2.30. The molecule has 0 fully saturated rings. The van der Waals surface area contributed by atoms with Gasteiger partial charge in [-0.25, -0.2) is 0 Å². The number of furan rings is 1. The number of thiophene rings is 1. The normalized spacial score (nSPS) is 11.2. The van der Waals surface area contributed by atoms with Crippen LogP contribution in [0.15, 0.2) is 28.0 Å². The largest absolute Gasteiger partial charge is 0.454 e. The Labute approximate surface area is 144 Å². The smallest absolute Gasteiger partial charge is 0.291 e. The molecule has 128 valence electrons. The van der Waals surface area contributed by atoms with E-state index in [0.717, 1.165) is 0 Å². The zero-order chi connectivity index (χ0) is 17.9. The van der Waals surface area contributed by atoms with Crippen LogP contribution in [0.5, 0.6) is 0 Å². The predicted molar refractivity (Wildman–Crippen MR) is 92.3 cm³/mol. The number of hydrogen-bond donors (Lipinski definition) is 2. The molecule has 0 aliphatic heterocycles. The average Bonchev–Trinajstić information content (AvgIpc) is 3.12. The van der Waals surface area contributed by atoms with Crippen LogP contribution in [0, 0.1) is 5.41 Å². The molecule has 0 radical (unpaired) electrons. The number of ketones is 1. The van der Waals surface area contributed by atoms with Crippen LogP contribution in [0.3, 0.4) is 0 Å². The lowest BCUT2D eigenvalue weighted by atomic mass is 9.87. The molecule has 0 spiro atoms. The van der Waals surface area contributed by atoms with E-state index in [1.807, 2.05) is 20.8 Å². The zero-order valence-electron chi connectivity index (χ0n) is 14.1. The van der Waals surface area contributed by atoms with Gasteiger partial charge in [-0.2, -0.15) is 0 Å². The van der Waals surface area contributed by atoms with E-state index in [1.165, 1.54) is 24.3 Å². The number of carbonyl (C=O) groups excluding carboxylic acids is 3. The van der Waals surface area contributed by atoms with Gasteiger partial charge in [0.05, 0.1) is 12.1 Å². The molecule has 0 bridgehead atoms. The fraction of sp³-hybridized carbons (Fsp3) is 0.353. The fourth-order valence-corrected chi connectivity index (χ4v) is 2.74. The summed E-state index contributed by atoms with van der Waals surface area (Å²) in [6, 6.07) is 4.87. The van der Waals surface area contributed by atoms with E-state index in [9.17, 15) is 14.4 Å². The first-order valence-corrected chi connectivity index (χ1v) is 8.33. The number of rotatable bonds is 5. The number of hydrogen-bond acceptors (Lipinski definition) is 5. The van der Waals surface area contributed by atoms with E-state index >= 15 is 0 Å². The molecule has 2 heterocycles. The molecule has 2 aromatic rings. The Morgan fingerprint density at radius 3 is 2.50 bits per heavy atom. The van der Waals surface area contributed by atoms with Gasteiger partial charge in [0.2, 0.25) is 5.91 Å². The lowest BCUT2D eigenvalue weighted by molar-refractivity contribution is -0.119. The van der Waals surface area contributed by atoms with E-state index in [0.29, 0.717) is 16.3 Å². The third-order valence-corrected chi connectivity index (χ3v) is 4.04. The van der Waals surface area contributed by atoms with Crippen molar-refractivity contribution in [2.45, 2.75) is 34.2 Å². The lowest BCUT2D eigenvalue weighted by Gasteiger charge is -2.16. The van der Waals surface area contributed by atoms with E-state index in [2.05, 4.69) is 10.6 Å². The maximum Gasteiger partial charge on any atom is 0.291 e. The van der Waals surface area contributed by atoms with Crippen LogP contribution in [0.2, 0.25) is 0 Å². The molecule has 2 rings (SSSR count). The molecule has 6 nitrogen and oxygen atoms in total. The third-order valence-electron chi connectivity index (χ3n) is 3.22. The molecule has 0 aliphatic rings. The maximum absolute atomic E-state index is 12.4. The van der Waals surface area contributed by atoms with Crippen LogP contribution in [0.4, 0.5) is 5.00 Å². The highest BCUT2D eigenvalue weighted by Gasteiger charge is 2.26. The average molecular weight is 348 g/mol. The van der Waals surface area contributed by atoms with Crippen molar-refractivity contribution in [3.8, 4) is 0 Å². The van der Waals surface area contributed by atoms with Gasteiger partial charge in [-0.15, -0.1) is 11.3 Å². The molecule has 0 atom stereocenters. The highest BCUT2D eigenvalue weighted by atomic mass is 32.1. The number of anilines is 1. The molecule has 2 amide bonds. The summed E-state index contributed by atoms with van der Waals surface area (Å²) in [6.45, 7) is 7.12. The van der Waals surface area contributed by atoms with E-state index < -0.39 is 11.3 Å². The molecule has 7 heteroatoms. The first-order valence-electron chi connectivity index (χ1n) is 7.45. The van der Waals surface area contributed by atoms with Crippen molar-refractivity contribution >= 4 is 33.9 Å². The van der Waals surface area contributed by atoms with Gasteiger partial charge in [0.1, 0.15) is 10.8 Å². The van der Waals surface area contributed by atoms with E-state index in [4.69, 9.17) is 4.42 Å². The molecular weight excluding hydrogens is 328 g/mol. The fourth-order valence-electron chi connectivity index (χ4n) is 1.96. The Hall–Kier alpha value is -2.41. The number of carbonyl (C=O) groups is 3. The molecule has 2 aromatic heterocycles. The second kappa shape index (κ2) is 7.00. The summed E-state index contributed by atoms with van der Waals surface area (Å²) in [5.41, 5.74) is -0.0394. The summed E-state index contributed by atoms with van der Waals surface area (Å²) < 4.78 is 5.41. The van der Waals surface area contributed by atoms with Gasteiger partial charge < -0.3 is 15.1 Å². The summed E-state index contributed by atoms with van der Waals surface area (Å²) in [7, 11) is 0. The van der Waals surface area contributed by atoms with Crippen LogP contribution in [0.25, 0.3) is 0 Å². The van der Waals surface area contributed by atoms with Gasteiger partial charge in [0.15, 0.2) is 11.5 Å².